The molecule has 20 heavy (non-hydrogen) atoms. The first kappa shape index (κ1) is 14.3. The summed E-state index contributed by atoms with van der Waals surface area (Å²) in [6.45, 7) is 8.51. The molecule has 4 N–H and O–H groups in total. The van der Waals surface area contributed by atoms with Crippen molar-refractivity contribution < 1.29 is 0 Å². The first-order valence-electron chi connectivity index (χ1n) is 6.48. The highest BCUT2D eigenvalue weighted by molar-refractivity contribution is 5.56. The van der Waals surface area contributed by atoms with Gasteiger partial charge in [0.1, 0.15) is 17.5 Å². The van der Waals surface area contributed by atoms with Gasteiger partial charge in [0.15, 0.2) is 0 Å². The van der Waals surface area contributed by atoms with Gasteiger partial charge in [0, 0.05) is 30.4 Å². The molecule has 0 aliphatic heterocycles. The average molecular weight is 275 g/mol. The maximum atomic E-state index is 5.47. The highest BCUT2D eigenvalue weighted by atomic mass is 15.3. The molecule has 0 fully saturated rings. The van der Waals surface area contributed by atoms with E-state index in [2.05, 4.69) is 32.7 Å². The van der Waals surface area contributed by atoms with Crippen LogP contribution in [0.5, 0.6) is 0 Å². The molecule has 0 saturated carbocycles. The Bertz CT molecular complexity index is 630. The van der Waals surface area contributed by atoms with Crippen LogP contribution in [-0.2, 0) is 13.6 Å². The van der Waals surface area contributed by atoms with Gasteiger partial charge in [-0.05, 0) is 27.7 Å². The first-order chi connectivity index (χ1) is 9.43. The van der Waals surface area contributed by atoms with Gasteiger partial charge < -0.3 is 10.7 Å². The largest absolute Gasteiger partial charge is 0.365 e. The molecule has 2 rings (SSSR count). The molecule has 7 heteroatoms. The third-order valence-corrected chi connectivity index (χ3v) is 3.49. The first-order valence-corrected chi connectivity index (χ1v) is 6.48. The van der Waals surface area contributed by atoms with Crippen LogP contribution in [0.15, 0.2) is 0 Å². The minimum absolute atomic E-state index is 0.639. The Morgan fingerprint density at radius 3 is 2.30 bits per heavy atom. The van der Waals surface area contributed by atoms with Crippen molar-refractivity contribution in [2.75, 3.05) is 10.7 Å². The van der Waals surface area contributed by atoms with Gasteiger partial charge in [-0.25, -0.2) is 15.8 Å². The summed E-state index contributed by atoms with van der Waals surface area (Å²) in [5.41, 5.74) is 6.85. The van der Waals surface area contributed by atoms with Crippen LogP contribution < -0.4 is 16.6 Å². The summed E-state index contributed by atoms with van der Waals surface area (Å²) in [4.78, 5) is 8.66. The van der Waals surface area contributed by atoms with Crippen LogP contribution in [0.1, 0.15) is 28.3 Å². The number of aryl methyl sites for hydroxylation is 3. The molecule has 0 unspecified atom stereocenters. The standard InChI is InChI=1S/C13H21N7/c1-7-12(16-10(4)17-13(7)18-14)15-6-11-8(2)19-20(5)9(11)3/h6,14H2,1-5H3,(H2,15,16,17,18). The van der Waals surface area contributed by atoms with E-state index in [1.807, 2.05) is 32.5 Å². The molecule has 108 valence electrons. The summed E-state index contributed by atoms with van der Waals surface area (Å²) in [5.74, 6) is 7.56. The summed E-state index contributed by atoms with van der Waals surface area (Å²) in [7, 11) is 1.95. The number of hydrogen-bond donors (Lipinski definition) is 3. The van der Waals surface area contributed by atoms with Crippen LogP contribution in [0.3, 0.4) is 0 Å². The Morgan fingerprint density at radius 2 is 1.75 bits per heavy atom. The monoisotopic (exact) mass is 275 g/mol. The van der Waals surface area contributed by atoms with Crippen LogP contribution in [0.2, 0.25) is 0 Å². The predicted molar refractivity (Wildman–Crippen MR) is 79.3 cm³/mol. The fourth-order valence-corrected chi connectivity index (χ4v) is 2.19. The zero-order chi connectivity index (χ0) is 14.9. The lowest BCUT2D eigenvalue weighted by Crippen LogP contribution is -2.14. The fourth-order valence-electron chi connectivity index (χ4n) is 2.19. The number of rotatable bonds is 4. The minimum atomic E-state index is 0.639. The van der Waals surface area contributed by atoms with Crippen LogP contribution in [0, 0.1) is 27.7 Å². The molecular formula is C13H21N7. The van der Waals surface area contributed by atoms with E-state index in [1.165, 1.54) is 5.56 Å². The Morgan fingerprint density at radius 1 is 1.10 bits per heavy atom. The molecule has 2 heterocycles. The van der Waals surface area contributed by atoms with E-state index >= 15 is 0 Å². The van der Waals surface area contributed by atoms with Crippen molar-refractivity contribution in [2.45, 2.75) is 34.2 Å². The van der Waals surface area contributed by atoms with Crippen molar-refractivity contribution in [3.63, 3.8) is 0 Å². The van der Waals surface area contributed by atoms with Crippen molar-refractivity contribution in [3.8, 4) is 0 Å². The summed E-state index contributed by atoms with van der Waals surface area (Å²) in [5, 5.41) is 7.75. The quantitative estimate of drug-likeness (QED) is 0.576. The van der Waals surface area contributed by atoms with E-state index in [0.29, 0.717) is 18.2 Å². The molecule has 0 amide bonds. The number of nitrogens with one attached hydrogen (secondary N) is 2. The molecule has 0 aliphatic rings. The van der Waals surface area contributed by atoms with Crippen molar-refractivity contribution in [1.82, 2.24) is 19.7 Å². The van der Waals surface area contributed by atoms with Gasteiger partial charge in [-0.2, -0.15) is 5.10 Å². The number of aromatic nitrogens is 4. The Balaban J connectivity index is 2.25. The van der Waals surface area contributed by atoms with Crippen LogP contribution in [-0.4, -0.2) is 19.7 Å². The summed E-state index contributed by atoms with van der Waals surface area (Å²) in [6.07, 6.45) is 0. The molecule has 0 saturated heterocycles. The molecule has 7 nitrogen and oxygen atoms in total. The fraction of sp³-hybridized carbons (Fsp3) is 0.462. The van der Waals surface area contributed by atoms with Crippen LogP contribution >= 0.6 is 0 Å². The normalized spacial score (nSPS) is 10.7. The summed E-state index contributed by atoms with van der Waals surface area (Å²) >= 11 is 0. The summed E-state index contributed by atoms with van der Waals surface area (Å²) in [6, 6.07) is 0. The topological polar surface area (TPSA) is 93.7 Å². The highest BCUT2D eigenvalue weighted by Gasteiger charge is 2.12. The Hall–Kier alpha value is -2.15. The van der Waals surface area contributed by atoms with E-state index in [4.69, 9.17) is 5.84 Å². The van der Waals surface area contributed by atoms with Gasteiger partial charge >= 0.3 is 0 Å². The second kappa shape index (κ2) is 5.46. The van der Waals surface area contributed by atoms with E-state index in [9.17, 15) is 0 Å². The number of hydrogen-bond acceptors (Lipinski definition) is 6. The zero-order valence-electron chi connectivity index (χ0n) is 12.6. The number of nitrogens with two attached hydrogens (primary N) is 1. The van der Waals surface area contributed by atoms with E-state index < -0.39 is 0 Å². The van der Waals surface area contributed by atoms with Gasteiger partial charge in [0.2, 0.25) is 0 Å². The van der Waals surface area contributed by atoms with Crippen molar-refractivity contribution in [3.05, 3.63) is 28.3 Å². The molecule has 0 aliphatic carbocycles. The zero-order valence-corrected chi connectivity index (χ0v) is 12.6. The second-order valence-electron chi connectivity index (χ2n) is 4.86. The van der Waals surface area contributed by atoms with Gasteiger partial charge in [-0.15, -0.1) is 0 Å². The lowest BCUT2D eigenvalue weighted by atomic mass is 10.2. The lowest BCUT2D eigenvalue weighted by molar-refractivity contribution is 0.730. The van der Waals surface area contributed by atoms with Gasteiger partial charge in [-0.3, -0.25) is 4.68 Å². The van der Waals surface area contributed by atoms with Gasteiger partial charge in [0.05, 0.1) is 5.69 Å². The average Bonchev–Trinajstić information content (AvgIpc) is 2.64. The third kappa shape index (κ3) is 2.57. The van der Waals surface area contributed by atoms with Crippen molar-refractivity contribution in [2.24, 2.45) is 12.9 Å². The molecule has 0 bridgehead atoms. The Labute approximate surface area is 118 Å². The van der Waals surface area contributed by atoms with Gasteiger partial charge in [-0.1, -0.05) is 0 Å². The SMILES string of the molecule is Cc1nc(NN)c(C)c(NCc2c(C)nn(C)c2C)n1. The van der Waals surface area contributed by atoms with E-state index in [1.54, 1.807) is 0 Å². The second-order valence-corrected chi connectivity index (χ2v) is 4.86. The maximum absolute atomic E-state index is 5.47. The number of anilines is 2. The minimum Gasteiger partial charge on any atom is -0.365 e. The van der Waals surface area contributed by atoms with E-state index in [0.717, 1.165) is 22.8 Å². The molecule has 0 aromatic carbocycles. The number of nitrogens with zero attached hydrogens (tertiary/aromatic N) is 4. The number of nitrogen functional groups attached to an aromatic ring is 1. The smallest absolute Gasteiger partial charge is 0.148 e. The van der Waals surface area contributed by atoms with E-state index in [-0.39, 0.29) is 0 Å². The maximum Gasteiger partial charge on any atom is 0.148 e. The number of hydrazine groups is 1. The lowest BCUT2D eigenvalue weighted by Gasteiger charge is -2.12. The highest BCUT2D eigenvalue weighted by Crippen LogP contribution is 2.20. The molecular weight excluding hydrogens is 254 g/mol. The molecule has 2 aromatic heterocycles. The van der Waals surface area contributed by atoms with Gasteiger partial charge in [0.25, 0.3) is 0 Å². The molecule has 2 aromatic rings. The Kier molecular flexibility index (Phi) is 3.89. The van der Waals surface area contributed by atoms with Crippen LogP contribution in [0.4, 0.5) is 11.6 Å². The molecule has 0 spiro atoms. The van der Waals surface area contributed by atoms with Crippen molar-refractivity contribution >= 4 is 11.6 Å². The van der Waals surface area contributed by atoms with Crippen LogP contribution in [0.25, 0.3) is 0 Å². The predicted octanol–water partition coefficient (Wildman–Crippen LogP) is 1.34. The summed E-state index contributed by atoms with van der Waals surface area (Å²) < 4.78 is 1.89. The van der Waals surface area contributed by atoms with Crippen molar-refractivity contribution in [1.29, 1.82) is 0 Å². The third-order valence-electron chi connectivity index (χ3n) is 3.49. The molecule has 0 atom stereocenters. The molecule has 0 radical (unpaired) electrons.